The van der Waals surface area contributed by atoms with Crippen LogP contribution in [0.4, 0.5) is 17.1 Å². The first kappa shape index (κ1) is 11.7. The average Bonchev–Trinajstić information content (AvgIpc) is 2.42. The molecule has 0 saturated carbocycles. The number of benzene rings is 2. The highest BCUT2D eigenvalue weighted by atomic mass is 16.6. The molecule has 3 rings (SSSR count). The standard InChI is InChI=1S/C15H16N2O2/c1-10-2-4-11(5-3-10)17-13-9-15-14(8-12(13)16)18-6-7-19-15/h2-5,8-9,17H,6-7,16H2,1H3. The van der Waals surface area contributed by atoms with E-state index in [9.17, 15) is 0 Å². The van der Waals surface area contributed by atoms with E-state index in [1.807, 2.05) is 18.2 Å². The van der Waals surface area contributed by atoms with Crippen LogP contribution in [0.2, 0.25) is 0 Å². The minimum Gasteiger partial charge on any atom is -0.486 e. The van der Waals surface area contributed by atoms with Gasteiger partial charge in [0.25, 0.3) is 0 Å². The summed E-state index contributed by atoms with van der Waals surface area (Å²) in [6.07, 6.45) is 0. The number of nitrogens with two attached hydrogens (primary N) is 1. The van der Waals surface area contributed by atoms with E-state index in [1.165, 1.54) is 5.56 Å². The molecule has 2 aromatic carbocycles. The third kappa shape index (κ3) is 2.42. The number of nitrogens with one attached hydrogen (secondary N) is 1. The molecule has 0 bridgehead atoms. The number of ether oxygens (including phenoxy) is 2. The highest BCUT2D eigenvalue weighted by Gasteiger charge is 2.14. The average molecular weight is 256 g/mol. The highest BCUT2D eigenvalue weighted by Crippen LogP contribution is 2.37. The maximum Gasteiger partial charge on any atom is 0.163 e. The van der Waals surface area contributed by atoms with E-state index < -0.39 is 0 Å². The molecule has 0 atom stereocenters. The molecule has 0 aliphatic carbocycles. The molecule has 1 aliphatic rings. The second kappa shape index (κ2) is 4.72. The quantitative estimate of drug-likeness (QED) is 0.811. The molecule has 0 radical (unpaired) electrons. The molecular formula is C15H16N2O2. The van der Waals surface area contributed by atoms with E-state index in [0.717, 1.165) is 17.1 Å². The predicted octanol–water partition coefficient (Wildman–Crippen LogP) is 3.09. The molecule has 0 spiro atoms. The van der Waals surface area contributed by atoms with Crippen molar-refractivity contribution >= 4 is 17.1 Å². The van der Waals surface area contributed by atoms with Crippen molar-refractivity contribution in [3.63, 3.8) is 0 Å². The van der Waals surface area contributed by atoms with Crippen LogP contribution in [0, 0.1) is 6.92 Å². The van der Waals surface area contributed by atoms with E-state index in [0.29, 0.717) is 24.7 Å². The molecule has 2 aromatic rings. The number of hydrogen-bond donors (Lipinski definition) is 2. The van der Waals surface area contributed by atoms with Crippen molar-refractivity contribution in [1.29, 1.82) is 0 Å². The Bertz CT molecular complexity index is 594. The molecule has 0 amide bonds. The lowest BCUT2D eigenvalue weighted by Gasteiger charge is -2.20. The lowest BCUT2D eigenvalue weighted by molar-refractivity contribution is 0.172. The molecule has 0 unspecified atom stereocenters. The van der Waals surface area contributed by atoms with E-state index in [2.05, 4.69) is 24.4 Å². The van der Waals surface area contributed by atoms with Crippen LogP contribution in [0.25, 0.3) is 0 Å². The normalized spacial score (nSPS) is 13.1. The minimum atomic E-state index is 0.567. The van der Waals surface area contributed by atoms with Crippen molar-refractivity contribution in [2.24, 2.45) is 0 Å². The third-order valence-electron chi connectivity index (χ3n) is 3.04. The zero-order valence-corrected chi connectivity index (χ0v) is 10.8. The molecule has 1 aliphatic heterocycles. The van der Waals surface area contributed by atoms with Crippen molar-refractivity contribution < 1.29 is 9.47 Å². The second-order valence-corrected chi connectivity index (χ2v) is 4.57. The van der Waals surface area contributed by atoms with Crippen molar-refractivity contribution in [1.82, 2.24) is 0 Å². The van der Waals surface area contributed by atoms with Crippen LogP contribution in [0.5, 0.6) is 11.5 Å². The summed E-state index contributed by atoms with van der Waals surface area (Å²) >= 11 is 0. The van der Waals surface area contributed by atoms with Crippen LogP contribution in [0.15, 0.2) is 36.4 Å². The molecular weight excluding hydrogens is 240 g/mol. The number of rotatable bonds is 2. The Morgan fingerprint density at radius 1 is 1.00 bits per heavy atom. The fraction of sp³-hybridized carbons (Fsp3) is 0.200. The Morgan fingerprint density at radius 2 is 1.63 bits per heavy atom. The summed E-state index contributed by atoms with van der Waals surface area (Å²) in [5.41, 5.74) is 9.71. The fourth-order valence-electron chi connectivity index (χ4n) is 2.01. The van der Waals surface area contributed by atoms with Gasteiger partial charge in [0.1, 0.15) is 13.2 Å². The van der Waals surface area contributed by atoms with Gasteiger partial charge in [-0.2, -0.15) is 0 Å². The van der Waals surface area contributed by atoms with Crippen molar-refractivity contribution in [3.05, 3.63) is 42.0 Å². The summed E-state index contributed by atoms with van der Waals surface area (Å²) in [4.78, 5) is 0. The SMILES string of the molecule is Cc1ccc(Nc2cc3c(cc2N)OCCO3)cc1. The van der Waals surface area contributed by atoms with Crippen molar-refractivity contribution in [3.8, 4) is 11.5 Å². The van der Waals surface area contributed by atoms with Gasteiger partial charge < -0.3 is 20.5 Å². The second-order valence-electron chi connectivity index (χ2n) is 4.57. The van der Waals surface area contributed by atoms with E-state index in [-0.39, 0.29) is 0 Å². The molecule has 0 fully saturated rings. The van der Waals surface area contributed by atoms with Gasteiger partial charge in [-0.15, -0.1) is 0 Å². The summed E-state index contributed by atoms with van der Waals surface area (Å²) < 4.78 is 11.0. The number of anilines is 3. The first-order chi connectivity index (χ1) is 9.22. The first-order valence-electron chi connectivity index (χ1n) is 6.25. The van der Waals surface area contributed by atoms with Gasteiger partial charge in [0.05, 0.1) is 11.4 Å². The van der Waals surface area contributed by atoms with Gasteiger partial charge in [-0.25, -0.2) is 0 Å². The first-order valence-corrected chi connectivity index (χ1v) is 6.25. The van der Waals surface area contributed by atoms with Gasteiger partial charge in [0, 0.05) is 17.8 Å². The van der Waals surface area contributed by atoms with Crippen LogP contribution in [-0.4, -0.2) is 13.2 Å². The fourth-order valence-corrected chi connectivity index (χ4v) is 2.01. The third-order valence-corrected chi connectivity index (χ3v) is 3.04. The minimum absolute atomic E-state index is 0.567. The maximum absolute atomic E-state index is 6.02. The van der Waals surface area contributed by atoms with Crippen LogP contribution in [0.1, 0.15) is 5.56 Å². The molecule has 3 N–H and O–H groups in total. The van der Waals surface area contributed by atoms with E-state index in [4.69, 9.17) is 15.2 Å². The van der Waals surface area contributed by atoms with Crippen LogP contribution in [0.3, 0.4) is 0 Å². The highest BCUT2D eigenvalue weighted by molar-refractivity contribution is 5.76. The smallest absolute Gasteiger partial charge is 0.163 e. The maximum atomic E-state index is 6.02. The van der Waals surface area contributed by atoms with E-state index >= 15 is 0 Å². The molecule has 98 valence electrons. The number of aryl methyl sites for hydroxylation is 1. The monoisotopic (exact) mass is 256 g/mol. The Hall–Kier alpha value is -2.36. The van der Waals surface area contributed by atoms with Crippen molar-refractivity contribution in [2.75, 3.05) is 24.3 Å². The Labute approximate surface area is 112 Å². The zero-order valence-electron chi connectivity index (χ0n) is 10.8. The molecule has 0 aromatic heterocycles. The summed E-state index contributed by atoms with van der Waals surface area (Å²) in [5.74, 6) is 1.44. The number of nitrogen functional groups attached to an aromatic ring is 1. The molecule has 1 heterocycles. The zero-order chi connectivity index (χ0) is 13.2. The van der Waals surface area contributed by atoms with Gasteiger partial charge in [0.2, 0.25) is 0 Å². The topological polar surface area (TPSA) is 56.5 Å². The Kier molecular flexibility index (Phi) is 2.91. The van der Waals surface area contributed by atoms with Crippen LogP contribution < -0.4 is 20.5 Å². The predicted molar refractivity (Wildman–Crippen MR) is 76.3 cm³/mol. The Morgan fingerprint density at radius 3 is 2.32 bits per heavy atom. The summed E-state index contributed by atoms with van der Waals surface area (Å²) in [6, 6.07) is 11.8. The summed E-state index contributed by atoms with van der Waals surface area (Å²) in [5, 5.41) is 3.29. The molecule has 4 heteroatoms. The lowest BCUT2D eigenvalue weighted by atomic mass is 10.2. The van der Waals surface area contributed by atoms with Gasteiger partial charge in [-0.1, -0.05) is 17.7 Å². The van der Waals surface area contributed by atoms with Gasteiger partial charge in [-0.3, -0.25) is 0 Å². The van der Waals surface area contributed by atoms with Gasteiger partial charge in [0.15, 0.2) is 11.5 Å². The van der Waals surface area contributed by atoms with Gasteiger partial charge >= 0.3 is 0 Å². The van der Waals surface area contributed by atoms with E-state index in [1.54, 1.807) is 6.07 Å². The van der Waals surface area contributed by atoms with Crippen LogP contribution >= 0.6 is 0 Å². The summed E-state index contributed by atoms with van der Waals surface area (Å²) in [6.45, 7) is 3.19. The summed E-state index contributed by atoms with van der Waals surface area (Å²) in [7, 11) is 0. The number of hydrogen-bond acceptors (Lipinski definition) is 4. The van der Waals surface area contributed by atoms with Gasteiger partial charge in [-0.05, 0) is 19.1 Å². The molecule has 19 heavy (non-hydrogen) atoms. The van der Waals surface area contributed by atoms with Crippen molar-refractivity contribution in [2.45, 2.75) is 6.92 Å². The largest absolute Gasteiger partial charge is 0.486 e. The van der Waals surface area contributed by atoms with Crippen LogP contribution in [-0.2, 0) is 0 Å². The molecule has 4 nitrogen and oxygen atoms in total. The lowest BCUT2D eigenvalue weighted by Crippen LogP contribution is -2.15. The Balaban J connectivity index is 1.90. The molecule has 0 saturated heterocycles. The number of fused-ring (bicyclic) bond motifs is 1.